The van der Waals surface area contributed by atoms with Gasteiger partial charge in [0.2, 0.25) is 0 Å². The summed E-state index contributed by atoms with van der Waals surface area (Å²) in [7, 11) is 0. The van der Waals surface area contributed by atoms with E-state index in [2.05, 4.69) is 30.6 Å². The molecule has 2 saturated heterocycles. The lowest BCUT2D eigenvalue weighted by molar-refractivity contribution is 0.0204. The minimum Gasteiger partial charge on any atom is -0.379 e. The fourth-order valence-corrected chi connectivity index (χ4v) is 2.88. The number of rotatable bonds is 3. The molecule has 2 fully saturated rings. The maximum atomic E-state index is 5.38. The minimum atomic E-state index is 0.489. The van der Waals surface area contributed by atoms with Crippen LogP contribution in [0.4, 0.5) is 0 Å². The van der Waals surface area contributed by atoms with Crippen LogP contribution in [-0.4, -0.2) is 62.3 Å². The SMILES string of the molecule is CC1CCN(CCN2CCOCC2)CC1(C)C. The lowest BCUT2D eigenvalue weighted by Crippen LogP contribution is -2.48. The number of ether oxygens (including phenoxy) is 1. The maximum Gasteiger partial charge on any atom is 0.0594 e. The molecular formula is C14H28N2O. The molecule has 0 N–H and O–H groups in total. The normalized spacial score (nSPS) is 31.6. The van der Waals surface area contributed by atoms with Crippen LogP contribution in [0.5, 0.6) is 0 Å². The first-order chi connectivity index (χ1) is 8.08. The highest BCUT2D eigenvalue weighted by Gasteiger charge is 2.32. The van der Waals surface area contributed by atoms with E-state index in [1.54, 1.807) is 0 Å². The summed E-state index contributed by atoms with van der Waals surface area (Å²) in [5, 5.41) is 0. The van der Waals surface area contributed by atoms with E-state index in [1.165, 1.54) is 32.6 Å². The van der Waals surface area contributed by atoms with Gasteiger partial charge in [0.15, 0.2) is 0 Å². The standard InChI is InChI=1S/C14H28N2O/c1-13-4-5-16(12-14(13,2)3)7-6-15-8-10-17-11-9-15/h13H,4-12H2,1-3H3. The monoisotopic (exact) mass is 240 g/mol. The van der Waals surface area contributed by atoms with Crippen LogP contribution in [0.25, 0.3) is 0 Å². The first kappa shape index (κ1) is 13.3. The third-order valence-corrected chi connectivity index (χ3v) is 4.68. The predicted molar refractivity (Wildman–Crippen MR) is 71.3 cm³/mol. The molecule has 2 heterocycles. The quantitative estimate of drug-likeness (QED) is 0.746. The summed E-state index contributed by atoms with van der Waals surface area (Å²) in [5.41, 5.74) is 0.489. The molecular weight excluding hydrogens is 212 g/mol. The molecule has 2 aliphatic heterocycles. The van der Waals surface area contributed by atoms with Gasteiger partial charge in [-0.1, -0.05) is 20.8 Å². The average Bonchev–Trinajstić information content (AvgIpc) is 2.32. The van der Waals surface area contributed by atoms with Gasteiger partial charge in [-0.15, -0.1) is 0 Å². The summed E-state index contributed by atoms with van der Waals surface area (Å²) in [6, 6.07) is 0. The molecule has 100 valence electrons. The van der Waals surface area contributed by atoms with Gasteiger partial charge in [-0.05, 0) is 24.3 Å². The van der Waals surface area contributed by atoms with E-state index in [0.717, 1.165) is 32.2 Å². The zero-order valence-corrected chi connectivity index (χ0v) is 11.7. The van der Waals surface area contributed by atoms with Crippen molar-refractivity contribution in [3.63, 3.8) is 0 Å². The molecule has 2 aliphatic rings. The fourth-order valence-electron chi connectivity index (χ4n) is 2.88. The maximum absolute atomic E-state index is 5.38. The van der Waals surface area contributed by atoms with Crippen LogP contribution >= 0.6 is 0 Å². The highest BCUT2D eigenvalue weighted by Crippen LogP contribution is 2.34. The Bertz CT molecular complexity index is 236. The van der Waals surface area contributed by atoms with Crippen LogP contribution in [0.15, 0.2) is 0 Å². The highest BCUT2D eigenvalue weighted by atomic mass is 16.5. The molecule has 3 nitrogen and oxygen atoms in total. The summed E-state index contributed by atoms with van der Waals surface area (Å²) >= 11 is 0. The molecule has 17 heavy (non-hydrogen) atoms. The first-order valence-electron chi connectivity index (χ1n) is 7.10. The first-order valence-corrected chi connectivity index (χ1v) is 7.10. The van der Waals surface area contributed by atoms with E-state index in [0.29, 0.717) is 5.41 Å². The van der Waals surface area contributed by atoms with Gasteiger partial charge >= 0.3 is 0 Å². The van der Waals surface area contributed by atoms with Gasteiger partial charge in [0.05, 0.1) is 13.2 Å². The largest absolute Gasteiger partial charge is 0.379 e. The average molecular weight is 240 g/mol. The summed E-state index contributed by atoms with van der Waals surface area (Å²) < 4.78 is 5.38. The third-order valence-electron chi connectivity index (χ3n) is 4.68. The number of hydrogen-bond donors (Lipinski definition) is 0. The Morgan fingerprint density at radius 1 is 1.06 bits per heavy atom. The zero-order chi connectivity index (χ0) is 12.3. The van der Waals surface area contributed by atoms with Crippen molar-refractivity contribution in [3.05, 3.63) is 0 Å². The van der Waals surface area contributed by atoms with Crippen LogP contribution in [0, 0.1) is 11.3 Å². The van der Waals surface area contributed by atoms with Crippen molar-refractivity contribution in [2.75, 3.05) is 52.5 Å². The molecule has 0 radical (unpaired) electrons. The third kappa shape index (κ3) is 3.67. The molecule has 0 bridgehead atoms. The number of piperidine rings is 1. The molecule has 3 heteroatoms. The topological polar surface area (TPSA) is 15.7 Å². The van der Waals surface area contributed by atoms with Crippen LogP contribution < -0.4 is 0 Å². The summed E-state index contributed by atoms with van der Waals surface area (Å²) in [6.45, 7) is 16.3. The van der Waals surface area contributed by atoms with Crippen LogP contribution in [0.3, 0.4) is 0 Å². The van der Waals surface area contributed by atoms with Crippen molar-refractivity contribution in [2.45, 2.75) is 27.2 Å². The molecule has 0 aromatic carbocycles. The molecule has 0 aromatic heterocycles. The van der Waals surface area contributed by atoms with Crippen molar-refractivity contribution in [1.29, 1.82) is 0 Å². The Morgan fingerprint density at radius 3 is 2.35 bits per heavy atom. The Labute approximate surface area is 106 Å². The lowest BCUT2D eigenvalue weighted by atomic mass is 9.75. The molecule has 0 amide bonds. The molecule has 0 spiro atoms. The summed E-state index contributed by atoms with van der Waals surface area (Å²) in [4.78, 5) is 5.18. The van der Waals surface area contributed by atoms with E-state index < -0.39 is 0 Å². The molecule has 0 aromatic rings. The minimum absolute atomic E-state index is 0.489. The van der Waals surface area contributed by atoms with E-state index in [1.807, 2.05) is 0 Å². The van der Waals surface area contributed by atoms with E-state index >= 15 is 0 Å². The second-order valence-corrected chi connectivity index (χ2v) is 6.41. The highest BCUT2D eigenvalue weighted by molar-refractivity contribution is 4.85. The van der Waals surface area contributed by atoms with Crippen LogP contribution in [0.2, 0.25) is 0 Å². The van der Waals surface area contributed by atoms with Crippen molar-refractivity contribution < 1.29 is 4.74 Å². The Kier molecular flexibility index (Phi) is 4.45. The van der Waals surface area contributed by atoms with Gasteiger partial charge in [-0.25, -0.2) is 0 Å². The second-order valence-electron chi connectivity index (χ2n) is 6.41. The number of hydrogen-bond acceptors (Lipinski definition) is 3. The molecule has 0 aliphatic carbocycles. The molecule has 0 saturated carbocycles. The number of morpholine rings is 1. The van der Waals surface area contributed by atoms with Crippen LogP contribution in [-0.2, 0) is 4.74 Å². The zero-order valence-electron chi connectivity index (χ0n) is 11.7. The van der Waals surface area contributed by atoms with Crippen molar-refractivity contribution in [1.82, 2.24) is 9.80 Å². The Morgan fingerprint density at radius 2 is 1.71 bits per heavy atom. The van der Waals surface area contributed by atoms with Gasteiger partial charge < -0.3 is 9.64 Å². The van der Waals surface area contributed by atoms with E-state index in [9.17, 15) is 0 Å². The predicted octanol–water partition coefficient (Wildman–Crippen LogP) is 1.69. The summed E-state index contributed by atoms with van der Waals surface area (Å²) in [5.74, 6) is 0.863. The van der Waals surface area contributed by atoms with Gasteiger partial charge in [-0.3, -0.25) is 4.90 Å². The van der Waals surface area contributed by atoms with Crippen molar-refractivity contribution in [2.24, 2.45) is 11.3 Å². The van der Waals surface area contributed by atoms with E-state index in [4.69, 9.17) is 4.74 Å². The smallest absolute Gasteiger partial charge is 0.0594 e. The van der Waals surface area contributed by atoms with Crippen molar-refractivity contribution >= 4 is 0 Å². The Balaban J connectivity index is 1.72. The van der Waals surface area contributed by atoms with Crippen LogP contribution in [0.1, 0.15) is 27.2 Å². The second kappa shape index (κ2) is 5.68. The van der Waals surface area contributed by atoms with Gasteiger partial charge in [0.1, 0.15) is 0 Å². The molecule has 1 atom stereocenters. The Hall–Kier alpha value is -0.120. The van der Waals surface area contributed by atoms with Gasteiger partial charge in [0.25, 0.3) is 0 Å². The van der Waals surface area contributed by atoms with E-state index in [-0.39, 0.29) is 0 Å². The van der Waals surface area contributed by atoms with Gasteiger partial charge in [0, 0.05) is 32.7 Å². The molecule has 1 unspecified atom stereocenters. The van der Waals surface area contributed by atoms with Gasteiger partial charge in [-0.2, -0.15) is 0 Å². The van der Waals surface area contributed by atoms with Crippen molar-refractivity contribution in [3.8, 4) is 0 Å². The lowest BCUT2D eigenvalue weighted by Gasteiger charge is -2.43. The summed E-state index contributed by atoms with van der Waals surface area (Å²) in [6.07, 6.45) is 1.36. The fraction of sp³-hybridized carbons (Fsp3) is 1.00. The molecule has 2 rings (SSSR count). The number of likely N-dealkylation sites (tertiary alicyclic amines) is 1. The number of nitrogens with zero attached hydrogens (tertiary/aromatic N) is 2.